The largest absolute Gasteiger partial charge is 0.504 e. The van der Waals surface area contributed by atoms with Gasteiger partial charge in [-0.1, -0.05) is 12.1 Å². The Morgan fingerprint density at radius 1 is 1.46 bits per heavy atom. The number of phenols is 1. The molecule has 1 fully saturated rings. The number of carbonyl (C=O) groups excluding carboxylic acids is 1. The summed E-state index contributed by atoms with van der Waals surface area (Å²) in [6.45, 7) is 2.42. The van der Waals surface area contributed by atoms with Crippen molar-refractivity contribution in [2.45, 2.75) is 49.9 Å². The molecule has 1 aromatic rings. The van der Waals surface area contributed by atoms with Gasteiger partial charge in [0.15, 0.2) is 11.5 Å². The first kappa shape index (κ1) is 14.3. The highest BCUT2D eigenvalue weighted by atomic mass is 16.6. The molecule has 1 N–H and O–H groups in total. The number of hydrogen-bond acceptors (Lipinski definition) is 5. The number of phenolic OH excluding ortho intramolecular Hbond substituents is 1. The number of likely N-dealkylation sites (N-methyl/N-ethyl adjacent to an activating group) is 1. The van der Waals surface area contributed by atoms with Crippen LogP contribution < -0.4 is 4.74 Å². The molecule has 1 spiro atoms. The Morgan fingerprint density at radius 2 is 2.29 bits per heavy atom. The number of nitrogens with zero attached hydrogens (tertiary/aromatic N) is 1. The number of carbonyl (C=O) groups is 1. The maximum Gasteiger partial charge on any atom is 0.303 e. The molecule has 1 saturated heterocycles. The average molecular weight is 327 g/mol. The summed E-state index contributed by atoms with van der Waals surface area (Å²) < 4.78 is 11.9. The highest BCUT2D eigenvalue weighted by Gasteiger charge is 2.63. The summed E-state index contributed by atoms with van der Waals surface area (Å²) in [5.74, 6) is 0.513. The van der Waals surface area contributed by atoms with Gasteiger partial charge in [0.1, 0.15) is 12.2 Å². The minimum absolute atomic E-state index is 0.191. The molecule has 2 unspecified atom stereocenters. The minimum atomic E-state index is -0.298. The fourth-order valence-electron chi connectivity index (χ4n) is 5.40. The lowest BCUT2D eigenvalue weighted by Gasteiger charge is -2.54. The van der Waals surface area contributed by atoms with Crippen molar-refractivity contribution in [3.05, 3.63) is 34.9 Å². The number of likely N-dealkylation sites (tertiary alicyclic amines) is 1. The van der Waals surface area contributed by atoms with Gasteiger partial charge in [-0.25, -0.2) is 0 Å². The normalized spacial score (nSPS) is 35.8. The summed E-state index contributed by atoms with van der Waals surface area (Å²) in [7, 11) is 2.17. The highest BCUT2D eigenvalue weighted by molar-refractivity contribution is 5.68. The molecule has 1 aromatic carbocycles. The van der Waals surface area contributed by atoms with Gasteiger partial charge in [0.05, 0.1) is 5.41 Å². The molecule has 5 nitrogen and oxygen atoms in total. The molecule has 4 aliphatic rings. The van der Waals surface area contributed by atoms with Crippen LogP contribution in [0.5, 0.6) is 11.5 Å². The zero-order valence-corrected chi connectivity index (χ0v) is 13.9. The van der Waals surface area contributed by atoms with E-state index in [4.69, 9.17) is 9.47 Å². The third-order valence-corrected chi connectivity index (χ3v) is 6.30. The maximum atomic E-state index is 11.6. The monoisotopic (exact) mass is 327 g/mol. The number of benzene rings is 1. The smallest absolute Gasteiger partial charge is 0.303 e. The second kappa shape index (κ2) is 4.54. The molecule has 24 heavy (non-hydrogen) atoms. The van der Waals surface area contributed by atoms with Crippen LogP contribution in [-0.4, -0.2) is 47.8 Å². The van der Waals surface area contributed by atoms with E-state index in [2.05, 4.69) is 18.0 Å². The Labute approximate surface area is 140 Å². The minimum Gasteiger partial charge on any atom is -0.504 e. The summed E-state index contributed by atoms with van der Waals surface area (Å²) in [5, 5.41) is 10.4. The number of rotatable bonds is 1. The summed E-state index contributed by atoms with van der Waals surface area (Å²) in [4.78, 5) is 14.0. The van der Waals surface area contributed by atoms with Gasteiger partial charge in [0.25, 0.3) is 0 Å². The Morgan fingerprint density at radius 3 is 3.08 bits per heavy atom. The van der Waals surface area contributed by atoms with Crippen LogP contribution in [0.2, 0.25) is 0 Å². The SMILES string of the molecule is CC(=O)OC1CC=C2[C@H]3Cc4ccc(O)c5c4[C@@]2(CCN3C)C1O5. The lowest BCUT2D eigenvalue weighted by molar-refractivity contribution is -0.153. The van der Waals surface area contributed by atoms with Crippen molar-refractivity contribution < 1.29 is 19.4 Å². The number of hydrogen-bond donors (Lipinski definition) is 1. The lowest BCUT2D eigenvalue weighted by atomic mass is 9.56. The Hall–Kier alpha value is -2.01. The van der Waals surface area contributed by atoms with E-state index in [9.17, 15) is 9.90 Å². The van der Waals surface area contributed by atoms with Gasteiger partial charge in [-0.2, -0.15) is 0 Å². The fourth-order valence-corrected chi connectivity index (χ4v) is 5.40. The van der Waals surface area contributed by atoms with Crippen LogP contribution in [0.1, 0.15) is 30.9 Å². The van der Waals surface area contributed by atoms with E-state index in [0.717, 1.165) is 24.9 Å². The van der Waals surface area contributed by atoms with E-state index in [1.807, 2.05) is 6.07 Å². The second-order valence-corrected chi connectivity index (χ2v) is 7.45. The third kappa shape index (κ3) is 1.56. The predicted octanol–water partition coefficient (Wildman–Crippen LogP) is 1.91. The van der Waals surface area contributed by atoms with Crippen molar-refractivity contribution in [3.63, 3.8) is 0 Å². The van der Waals surface area contributed by atoms with E-state index < -0.39 is 0 Å². The molecule has 0 amide bonds. The van der Waals surface area contributed by atoms with Crippen molar-refractivity contribution in [1.82, 2.24) is 4.90 Å². The molecular formula is C19H21NO4. The maximum absolute atomic E-state index is 11.6. The zero-order valence-electron chi connectivity index (χ0n) is 13.9. The van der Waals surface area contributed by atoms with Crippen LogP contribution in [0.3, 0.4) is 0 Å². The average Bonchev–Trinajstić information content (AvgIpc) is 2.89. The molecule has 0 aromatic heterocycles. The van der Waals surface area contributed by atoms with Gasteiger partial charge in [0.2, 0.25) is 0 Å². The van der Waals surface area contributed by atoms with Gasteiger partial charge in [-0.3, -0.25) is 9.69 Å². The van der Waals surface area contributed by atoms with E-state index in [1.54, 1.807) is 6.07 Å². The van der Waals surface area contributed by atoms with Crippen LogP contribution in [0.25, 0.3) is 0 Å². The summed E-state index contributed by atoms with van der Waals surface area (Å²) in [5.41, 5.74) is 3.53. The van der Waals surface area contributed by atoms with E-state index in [1.165, 1.54) is 18.1 Å². The van der Waals surface area contributed by atoms with Gasteiger partial charge < -0.3 is 14.6 Å². The number of esters is 1. The van der Waals surface area contributed by atoms with Crippen LogP contribution >= 0.6 is 0 Å². The van der Waals surface area contributed by atoms with E-state index >= 15 is 0 Å². The number of piperidine rings is 1. The Kier molecular flexibility index (Phi) is 2.71. The van der Waals surface area contributed by atoms with Crippen molar-refractivity contribution in [2.75, 3.05) is 13.6 Å². The van der Waals surface area contributed by atoms with Gasteiger partial charge in [-0.15, -0.1) is 0 Å². The zero-order chi connectivity index (χ0) is 16.6. The Bertz CT molecular complexity index is 786. The van der Waals surface area contributed by atoms with E-state index in [-0.39, 0.29) is 29.3 Å². The van der Waals surface area contributed by atoms with Crippen LogP contribution in [0.4, 0.5) is 0 Å². The summed E-state index contributed by atoms with van der Waals surface area (Å²) in [6, 6.07) is 4.12. The molecule has 2 bridgehead atoms. The van der Waals surface area contributed by atoms with Crippen molar-refractivity contribution in [3.8, 4) is 11.5 Å². The highest BCUT2D eigenvalue weighted by Crippen LogP contribution is 2.62. The molecule has 126 valence electrons. The number of ether oxygens (including phenoxy) is 2. The Balaban J connectivity index is 1.76. The van der Waals surface area contributed by atoms with Gasteiger partial charge in [-0.05, 0) is 43.6 Å². The second-order valence-electron chi connectivity index (χ2n) is 7.45. The fraction of sp³-hybridized carbons (Fsp3) is 0.526. The van der Waals surface area contributed by atoms with Crippen LogP contribution in [0, 0.1) is 0 Å². The van der Waals surface area contributed by atoms with E-state index in [0.29, 0.717) is 18.2 Å². The predicted molar refractivity (Wildman–Crippen MR) is 87.2 cm³/mol. The molecule has 5 heteroatoms. The first-order valence-electron chi connectivity index (χ1n) is 8.62. The molecule has 0 saturated carbocycles. The molecular weight excluding hydrogens is 306 g/mol. The molecule has 4 atom stereocenters. The van der Waals surface area contributed by atoms with Gasteiger partial charge in [0, 0.05) is 24.9 Å². The van der Waals surface area contributed by atoms with Crippen LogP contribution in [0.15, 0.2) is 23.8 Å². The van der Waals surface area contributed by atoms with Gasteiger partial charge >= 0.3 is 5.97 Å². The lowest BCUT2D eigenvalue weighted by Crippen LogP contribution is -2.61. The van der Waals surface area contributed by atoms with Crippen molar-refractivity contribution in [1.29, 1.82) is 0 Å². The van der Waals surface area contributed by atoms with Crippen molar-refractivity contribution >= 4 is 5.97 Å². The molecule has 2 aliphatic carbocycles. The first-order chi connectivity index (χ1) is 11.5. The standard InChI is InChI=1S/C19H21NO4/c1-10(21)23-15-6-4-12-13-9-11-3-5-14(22)17-16(11)19(12,18(15)24-17)7-8-20(13)2/h3-5,13,15,18,22H,6-9H2,1-2H3/t13-,15?,18?,19+/m1/s1. The molecule has 2 heterocycles. The molecule has 5 rings (SSSR count). The summed E-state index contributed by atoms with van der Waals surface area (Å²) in [6.07, 6.45) is 4.28. The molecule has 0 radical (unpaired) electrons. The summed E-state index contributed by atoms with van der Waals surface area (Å²) >= 11 is 0. The third-order valence-electron chi connectivity index (χ3n) is 6.30. The number of aromatic hydroxyl groups is 1. The van der Waals surface area contributed by atoms with Crippen molar-refractivity contribution in [2.24, 2.45) is 0 Å². The van der Waals surface area contributed by atoms with Crippen LogP contribution in [-0.2, 0) is 21.4 Å². The topological polar surface area (TPSA) is 59.0 Å². The quantitative estimate of drug-likeness (QED) is 0.631. The first-order valence-corrected chi connectivity index (χ1v) is 8.62. The molecule has 2 aliphatic heterocycles.